The Morgan fingerprint density at radius 3 is 2.57 bits per heavy atom. The number of carbonyl (C=O) groups excluding carboxylic acids is 1. The first-order valence-electron chi connectivity index (χ1n) is 7.05. The third kappa shape index (κ3) is 3.53. The molecule has 1 aliphatic rings. The molecule has 0 aliphatic carbocycles. The highest BCUT2D eigenvalue weighted by atomic mass is 35.5. The zero-order valence-electron chi connectivity index (χ0n) is 12.9. The molecule has 1 amide bonds. The van der Waals surface area contributed by atoms with Gasteiger partial charge in [0.1, 0.15) is 0 Å². The molecular weight excluding hydrogens is 307 g/mol. The third-order valence-electron chi connectivity index (χ3n) is 4.42. The normalized spacial score (nSPS) is 22.0. The first-order valence-corrected chi connectivity index (χ1v) is 7.42. The Labute approximate surface area is 138 Å². The van der Waals surface area contributed by atoms with Crippen LogP contribution in [-0.2, 0) is 10.2 Å². The van der Waals surface area contributed by atoms with Gasteiger partial charge in [-0.05, 0) is 43.9 Å². The molecule has 1 aliphatic heterocycles. The van der Waals surface area contributed by atoms with Crippen LogP contribution in [0.3, 0.4) is 0 Å². The highest BCUT2D eigenvalue weighted by Crippen LogP contribution is 2.35. The van der Waals surface area contributed by atoms with Crippen LogP contribution in [0.5, 0.6) is 0 Å². The summed E-state index contributed by atoms with van der Waals surface area (Å²) in [7, 11) is 0. The number of nitrogens with two attached hydrogens (primary N) is 1. The lowest BCUT2D eigenvalue weighted by Gasteiger charge is -2.31. The first-order chi connectivity index (χ1) is 9.30. The van der Waals surface area contributed by atoms with E-state index < -0.39 is 5.41 Å². The topological polar surface area (TPSA) is 46.3 Å². The van der Waals surface area contributed by atoms with Gasteiger partial charge in [-0.2, -0.15) is 0 Å². The minimum absolute atomic E-state index is 0. The summed E-state index contributed by atoms with van der Waals surface area (Å²) in [5.74, 6) is 0.128. The Balaban J connectivity index is 0.00000220. The second-order valence-corrected chi connectivity index (χ2v) is 7.00. The molecule has 0 saturated carbocycles. The molecule has 0 bridgehead atoms. The van der Waals surface area contributed by atoms with E-state index in [1.54, 1.807) is 0 Å². The van der Waals surface area contributed by atoms with E-state index in [0.29, 0.717) is 11.6 Å². The molecule has 118 valence electrons. The predicted octanol–water partition coefficient (Wildman–Crippen LogP) is 3.24. The average molecular weight is 331 g/mol. The van der Waals surface area contributed by atoms with Gasteiger partial charge >= 0.3 is 0 Å². The van der Waals surface area contributed by atoms with Gasteiger partial charge in [-0.1, -0.05) is 36.7 Å². The van der Waals surface area contributed by atoms with E-state index in [1.807, 2.05) is 43.0 Å². The fraction of sp³-hybridized carbons (Fsp3) is 0.562. The molecule has 2 N–H and O–H groups in total. The molecule has 3 nitrogen and oxygen atoms in total. The molecule has 0 aromatic heterocycles. The SMILES string of the molecule is CC1(CN)CCN(C(=O)C(C)(C)c2ccccc2Cl)C1.Cl. The standard InChI is InChI=1S/C16H23ClN2O.ClH/c1-15(2,12-6-4-5-7-13(12)17)14(20)19-9-8-16(3,10-18)11-19;/h4-7H,8-11,18H2,1-3H3;1H. The van der Waals surface area contributed by atoms with Gasteiger partial charge in [0.2, 0.25) is 5.91 Å². The van der Waals surface area contributed by atoms with E-state index in [-0.39, 0.29) is 23.7 Å². The number of halogens is 2. The van der Waals surface area contributed by atoms with E-state index in [4.69, 9.17) is 17.3 Å². The lowest BCUT2D eigenvalue weighted by molar-refractivity contribution is -0.135. The van der Waals surface area contributed by atoms with Crippen molar-refractivity contribution in [1.29, 1.82) is 0 Å². The van der Waals surface area contributed by atoms with Gasteiger partial charge in [-0.3, -0.25) is 4.79 Å². The molecule has 1 aromatic rings. The minimum Gasteiger partial charge on any atom is -0.341 e. The third-order valence-corrected chi connectivity index (χ3v) is 4.75. The van der Waals surface area contributed by atoms with Gasteiger partial charge in [0.15, 0.2) is 0 Å². The van der Waals surface area contributed by atoms with Gasteiger partial charge in [-0.15, -0.1) is 12.4 Å². The lowest BCUT2D eigenvalue weighted by atomic mass is 9.83. The zero-order chi connectivity index (χ0) is 15.0. The van der Waals surface area contributed by atoms with E-state index in [1.165, 1.54) is 0 Å². The summed E-state index contributed by atoms with van der Waals surface area (Å²) in [5, 5.41) is 0.645. The number of rotatable bonds is 3. The number of benzene rings is 1. The van der Waals surface area contributed by atoms with Crippen LogP contribution in [-0.4, -0.2) is 30.4 Å². The number of amides is 1. The molecule has 1 saturated heterocycles. The quantitative estimate of drug-likeness (QED) is 0.924. The molecule has 1 atom stereocenters. The summed E-state index contributed by atoms with van der Waals surface area (Å²) in [5.41, 5.74) is 6.13. The van der Waals surface area contributed by atoms with E-state index in [9.17, 15) is 4.79 Å². The molecule has 1 fully saturated rings. The van der Waals surface area contributed by atoms with Gasteiger partial charge in [0, 0.05) is 18.1 Å². The van der Waals surface area contributed by atoms with Gasteiger partial charge in [0.25, 0.3) is 0 Å². The summed E-state index contributed by atoms with van der Waals surface area (Å²) in [6.07, 6.45) is 0.966. The monoisotopic (exact) mass is 330 g/mol. The van der Waals surface area contributed by atoms with E-state index in [0.717, 1.165) is 25.1 Å². The Kier molecular flexibility index (Phi) is 5.70. The van der Waals surface area contributed by atoms with Gasteiger partial charge < -0.3 is 10.6 Å². The van der Waals surface area contributed by atoms with Crippen molar-refractivity contribution in [2.45, 2.75) is 32.6 Å². The Morgan fingerprint density at radius 1 is 1.43 bits per heavy atom. The first kappa shape index (κ1) is 18.3. The van der Waals surface area contributed by atoms with Crippen LogP contribution >= 0.6 is 24.0 Å². The van der Waals surface area contributed by atoms with Crippen molar-refractivity contribution in [3.05, 3.63) is 34.9 Å². The fourth-order valence-electron chi connectivity index (χ4n) is 2.84. The van der Waals surface area contributed by atoms with Gasteiger partial charge in [0.05, 0.1) is 5.41 Å². The number of hydrogen-bond acceptors (Lipinski definition) is 2. The molecule has 5 heteroatoms. The molecule has 0 spiro atoms. The van der Waals surface area contributed by atoms with Crippen LogP contribution < -0.4 is 5.73 Å². The average Bonchev–Trinajstić information content (AvgIpc) is 2.81. The van der Waals surface area contributed by atoms with E-state index >= 15 is 0 Å². The van der Waals surface area contributed by atoms with Crippen LogP contribution in [0.4, 0.5) is 0 Å². The maximum absolute atomic E-state index is 12.8. The number of carbonyl (C=O) groups is 1. The van der Waals surface area contributed by atoms with Crippen LogP contribution in [0.1, 0.15) is 32.8 Å². The summed E-state index contributed by atoms with van der Waals surface area (Å²) in [6.45, 7) is 8.14. The van der Waals surface area contributed by atoms with Crippen LogP contribution in [0.25, 0.3) is 0 Å². The molecule has 0 radical (unpaired) electrons. The van der Waals surface area contributed by atoms with Crippen molar-refractivity contribution in [3.8, 4) is 0 Å². The molecular formula is C16H24Cl2N2O. The second kappa shape index (κ2) is 6.55. The molecule has 2 rings (SSSR count). The fourth-order valence-corrected chi connectivity index (χ4v) is 3.21. The second-order valence-electron chi connectivity index (χ2n) is 6.60. The largest absolute Gasteiger partial charge is 0.341 e. The Morgan fingerprint density at radius 2 is 2.05 bits per heavy atom. The van der Waals surface area contributed by atoms with Crippen LogP contribution in [0.15, 0.2) is 24.3 Å². The van der Waals surface area contributed by atoms with Gasteiger partial charge in [-0.25, -0.2) is 0 Å². The van der Waals surface area contributed by atoms with Crippen molar-refractivity contribution >= 4 is 29.9 Å². The van der Waals surface area contributed by atoms with Crippen LogP contribution in [0, 0.1) is 5.41 Å². The summed E-state index contributed by atoms with van der Waals surface area (Å²) in [4.78, 5) is 14.8. The molecule has 1 heterocycles. The summed E-state index contributed by atoms with van der Waals surface area (Å²) in [6, 6.07) is 7.57. The highest BCUT2D eigenvalue weighted by molar-refractivity contribution is 6.31. The lowest BCUT2D eigenvalue weighted by Crippen LogP contribution is -2.44. The highest BCUT2D eigenvalue weighted by Gasteiger charge is 2.41. The van der Waals surface area contributed by atoms with Crippen molar-refractivity contribution in [2.24, 2.45) is 11.1 Å². The van der Waals surface area contributed by atoms with E-state index in [2.05, 4.69) is 6.92 Å². The maximum atomic E-state index is 12.8. The molecule has 1 aromatic carbocycles. The van der Waals surface area contributed by atoms with Crippen LogP contribution in [0.2, 0.25) is 5.02 Å². The van der Waals surface area contributed by atoms with Crippen molar-refractivity contribution in [2.75, 3.05) is 19.6 Å². The smallest absolute Gasteiger partial charge is 0.232 e. The summed E-state index contributed by atoms with van der Waals surface area (Å²) < 4.78 is 0. The number of hydrogen-bond donors (Lipinski definition) is 1. The van der Waals surface area contributed by atoms with Crippen molar-refractivity contribution in [3.63, 3.8) is 0 Å². The zero-order valence-corrected chi connectivity index (χ0v) is 14.4. The predicted molar refractivity (Wildman–Crippen MR) is 90.1 cm³/mol. The van der Waals surface area contributed by atoms with Crippen molar-refractivity contribution in [1.82, 2.24) is 4.90 Å². The molecule has 21 heavy (non-hydrogen) atoms. The molecule has 1 unspecified atom stereocenters. The number of likely N-dealkylation sites (tertiary alicyclic amines) is 1. The number of nitrogens with zero attached hydrogens (tertiary/aromatic N) is 1. The minimum atomic E-state index is -0.613. The summed E-state index contributed by atoms with van der Waals surface area (Å²) >= 11 is 6.25. The maximum Gasteiger partial charge on any atom is 0.232 e. The van der Waals surface area contributed by atoms with Crippen molar-refractivity contribution < 1.29 is 4.79 Å². The Hall–Kier alpha value is -0.770. The Bertz CT molecular complexity index is 519.